The molecule has 0 unspecified atom stereocenters. The molecule has 1 aliphatic rings. The van der Waals surface area contributed by atoms with Crippen molar-refractivity contribution < 1.29 is 26.0 Å². The molecule has 1 aliphatic heterocycles. The summed E-state index contributed by atoms with van der Waals surface area (Å²) in [5.74, 6) is -6.83. The van der Waals surface area contributed by atoms with Gasteiger partial charge in [0.25, 0.3) is 11.9 Å². The topological polar surface area (TPSA) is 77.3 Å². The minimum absolute atomic E-state index is 0.0321. The summed E-state index contributed by atoms with van der Waals surface area (Å²) >= 11 is 0. The highest BCUT2D eigenvalue weighted by Gasteiger charge is 2.33. The zero-order valence-corrected chi connectivity index (χ0v) is 14.5. The molecule has 0 N–H and O–H groups in total. The summed E-state index contributed by atoms with van der Waals surface area (Å²) in [6, 6.07) is 7.43. The number of sulfonamides is 1. The van der Waals surface area contributed by atoms with Crippen molar-refractivity contribution in [3.05, 3.63) is 53.4 Å². The van der Waals surface area contributed by atoms with Crippen molar-refractivity contribution in [2.45, 2.75) is 4.90 Å². The molecule has 1 aromatic heterocycles. The average molecular weight is 400 g/mol. The molecule has 0 atom stereocenters. The second-order valence-electron chi connectivity index (χ2n) is 5.67. The van der Waals surface area contributed by atoms with Gasteiger partial charge in [-0.15, -0.1) is 0 Å². The van der Waals surface area contributed by atoms with E-state index < -0.39 is 39.2 Å². The Bertz CT molecular complexity index is 1010. The summed E-state index contributed by atoms with van der Waals surface area (Å²) in [7, 11) is -4.01. The number of piperazine rings is 1. The number of anilines is 1. The lowest BCUT2D eigenvalue weighted by Gasteiger charge is -2.35. The van der Waals surface area contributed by atoms with Crippen molar-refractivity contribution in [2.24, 2.45) is 0 Å². The number of halogens is 4. The van der Waals surface area contributed by atoms with Crippen molar-refractivity contribution in [1.82, 2.24) is 9.29 Å². The second-order valence-corrected chi connectivity index (χ2v) is 7.58. The number of nitrogens with zero attached hydrogens (tertiary/aromatic N) is 4. The monoisotopic (exact) mass is 400 g/mol. The molecule has 0 spiro atoms. The van der Waals surface area contributed by atoms with E-state index in [9.17, 15) is 26.0 Å². The largest absolute Gasteiger partial charge is 0.364 e. The maximum atomic E-state index is 13.9. The summed E-state index contributed by atoms with van der Waals surface area (Å²) in [6.07, 6.45) is 0. The molecule has 0 aliphatic carbocycles. The molecule has 11 heteroatoms. The van der Waals surface area contributed by atoms with Gasteiger partial charge < -0.3 is 4.90 Å². The van der Waals surface area contributed by atoms with Gasteiger partial charge in [0, 0.05) is 26.2 Å². The second kappa shape index (κ2) is 7.13. The van der Waals surface area contributed by atoms with Crippen molar-refractivity contribution >= 4 is 15.7 Å². The number of hydrogen-bond acceptors (Lipinski definition) is 5. The summed E-state index contributed by atoms with van der Waals surface area (Å²) in [5.41, 5.74) is -0.954. The van der Waals surface area contributed by atoms with E-state index in [2.05, 4.69) is 4.98 Å². The average Bonchev–Trinajstić information content (AvgIpc) is 2.67. The Kier molecular flexibility index (Phi) is 5.03. The molecule has 27 heavy (non-hydrogen) atoms. The van der Waals surface area contributed by atoms with Gasteiger partial charge >= 0.3 is 0 Å². The molecule has 1 aromatic carbocycles. The molecule has 142 valence electrons. The highest BCUT2D eigenvalue weighted by atomic mass is 32.2. The fraction of sp³-hybridized carbons (Fsp3) is 0.250. The van der Waals surface area contributed by atoms with Crippen LogP contribution in [0.5, 0.6) is 0 Å². The maximum Gasteiger partial charge on any atom is 0.253 e. The van der Waals surface area contributed by atoms with Crippen LogP contribution in [-0.2, 0) is 10.0 Å². The molecule has 0 saturated carbocycles. The zero-order valence-electron chi connectivity index (χ0n) is 13.7. The van der Waals surface area contributed by atoms with Gasteiger partial charge in [-0.3, -0.25) is 0 Å². The third kappa shape index (κ3) is 3.33. The van der Waals surface area contributed by atoms with E-state index in [1.807, 2.05) is 0 Å². The molecule has 2 aromatic rings. The molecular weight excluding hydrogens is 388 g/mol. The van der Waals surface area contributed by atoms with Gasteiger partial charge in [-0.05, 0) is 12.1 Å². The van der Waals surface area contributed by atoms with Crippen LogP contribution >= 0.6 is 0 Å². The molecule has 1 saturated heterocycles. The molecule has 0 radical (unpaired) electrons. The van der Waals surface area contributed by atoms with Gasteiger partial charge in [-0.1, -0.05) is 12.1 Å². The van der Waals surface area contributed by atoms with Crippen LogP contribution in [0.15, 0.2) is 29.2 Å². The summed E-state index contributed by atoms with van der Waals surface area (Å²) < 4.78 is 80.8. The van der Waals surface area contributed by atoms with E-state index in [-0.39, 0.29) is 36.6 Å². The fourth-order valence-corrected chi connectivity index (χ4v) is 4.39. The molecular formula is C16H12F4N4O2S. The van der Waals surface area contributed by atoms with Crippen molar-refractivity contribution in [1.29, 1.82) is 5.26 Å². The van der Waals surface area contributed by atoms with E-state index in [1.165, 1.54) is 24.3 Å². The van der Waals surface area contributed by atoms with E-state index >= 15 is 0 Å². The minimum atomic E-state index is -4.01. The molecule has 3 rings (SSSR count). The van der Waals surface area contributed by atoms with Crippen LogP contribution in [0.2, 0.25) is 0 Å². The first-order valence-electron chi connectivity index (χ1n) is 7.71. The first kappa shape index (κ1) is 19.1. The van der Waals surface area contributed by atoms with Gasteiger partial charge in [0.15, 0.2) is 0 Å². The van der Waals surface area contributed by atoms with Crippen LogP contribution in [0.1, 0.15) is 5.56 Å². The highest BCUT2D eigenvalue weighted by Crippen LogP contribution is 2.28. The Morgan fingerprint density at radius 2 is 1.52 bits per heavy atom. The predicted molar refractivity (Wildman–Crippen MR) is 86.2 cm³/mol. The first-order valence-corrected chi connectivity index (χ1v) is 9.15. The van der Waals surface area contributed by atoms with Crippen LogP contribution in [0.25, 0.3) is 0 Å². The molecule has 0 amide bonds. The number of hydrogen-bond donors (Lipinski definition) is 0. The van der Waals surface area contributed by atoms with E-state index in [0.717, 1.165) is 9.21 Å². The van der Waals surface area contributed by atoms with Crippen LogP contribution in [0.4, 0.5) is 23.2 Å². The summed E-state index contributed by atoms with van der Waals surface area (Å²) in [6.45, 7) is -0.783. The third-order valence-electron chi connectivity index (χ3n) is 4.15. The van der Waals surface area contributed by atoms with Crippen molar-refractivity contribution in [3.63, 3.8) is 0 Å². The number of rotatable bonds is 3. The quantitative estimate of drug-likeness (QED) is 0.582. The van der Waals surface area contributed by atoms with E-state index in [1.54, 1.807) is 6.07 Å². The maximum absolute atomic E-state index is 13.9. The lowest BCUT2D eigenvalue weighted by Crippen LogP contribution is -2.49. The zero-order chi connectivity index (χ0) is 19.8. The fourth-order valence-electron chi connectivity index (χ4n) is 2.83. The van der Waals surface area contributed by atoms with Crippen LogP contribution in [0, 0.1) is 34.9 Å². The van der Waals surface area contributed by atoms with Gasteiger partial charge in [0.2, 0.25) is 21.7 Å². The lowest BCUT2D eigenvalue weighted by atomic mass is 10.2. The predicted octanol–water partition coefficient (Wildman–Crippen LogP) is 2.02. The SMILES string of the molecule is N#Cc1ccccc1S(=O)(=O)N1CCN(c2c(F)c(F)nc(F)c2F)CC1. The molecule has 2 heterocycles. The molecule has 0 bridgehead atoms. The number of benzene rings is 1. The minimum Gasteiger partial charge on any atom is -0.364 e. The van der Waals surface area contributed by atoms with Crippen molar-refractivity contribution in [3.8, 4) is 6.07 Å². The third-order valence-corrected chi connectivity index (χ3v) is 6.11. The highest BCUT2D eigenvalue weighted by molar-refractivity contribution is 7.89. The Morgan fingerprint density at radius 3 is 2.07 bits per heavy atom. The van der Waals surface area contributed by atoms with Gasteiger partial charge in [-0.2, -0.15) is 32.1 Å². The number of nitriles is 1. The number of pyridine rings is 1. The van der Waals surface area contributed by atoms with Gasteiger partial charge in [0.1, 0.15) is 11.8 Å². The number of aromatic nitrogens is 1. The van der Waals surface area contributed by atoms with Crippen LogP contribution in [-0.4, -0.2) is 43.9 Å². The summed E-state index contributed by atoms with van der Waals surface area (Å²) in [5, 5.41) is 9.08. The lowest BCUT2D eigenvalue weighted by molar-refractivity contribution is 0.369. The Balaban J connectivity index is 1.86. The standard InChI is InChI=1S/C16H12F4N4O2S/c17-12-14(13(18)16(20)22-15(12)19)23-5-7-24(8-6-23)27(25,26)11-4-2-1-3-10(11)9-21/h1-4H,5-8H2. The normalized spacial score (nSPS) is 15.6. The Labute approximate surface area is 152 Å². The first-order chi connectivity index (χ1) is 12.8. The molecule has 1 fully saturated rings. The van der Waals surface area contributed by atoms with Gasteiger partial charge in [0.05, 0.1) is 10.5 Å². The van der Waals surface area contributed by atoms with E-state index in [4.69, 9.17) is 5.26 Å². The summed E-state index contributed by atoms with van der Waals surface area (Å²) in [4.78, 5) is 3.33. The van der Waals surface area contributed by atoms with Crippen molar-refractivity contribution in [2.75, 3.05) is 31.1 Å². The Hall–Kier alpha value is -2.71. The van der Waals surface area contributed by atoms with Gasteiger partial charge in [-0.25, -0.2) is 8.42 Å². The van der Waals surface area contributed by atoms with Crippen LogP contribution in [0.3, 0.4) is 0 Å². The van der Waals surface area contributed by atoms with Crippen LogP contribution < -0.4 is 4.90 Å². The van der Waals surface area contributed by atoms with E-state index in [0.29, 0.717) is 0 Å². The Morgan fingerprint density at radius 1 is 0.963 bits per heavy atom. The smallest absolute Gasteiger partial charge is 0.253 e. The molecule has 6 nitrogen and oxygen atoms in total.